The minimum absolute atomic E-state index is 0.0245. The summed E-state index contributed by atoms with van der Waals surface area (Å²) in [5.41, 5.74) is 2.77. The monoisotopic (exact) mass is 290 g/mol. The van der Waals surface area contributed by atoms with Crippen LogP contribution in [0.3, 0.4) is 0 Å². The van der Waals surface area contributed by atoms with Crippen molar-refractivity contribution in [1.82, 2.24) is 5.43 Å². The third-order valence-corrected chi connectivity index (χ3v) is 2.90. The van der Waals surface area contributed by atoms with Crippen LogP contribution in [0.2, 0.25) is 0 Å². The van der Waals surface area contributed by atoms with Crippen LogP contribution in [0.4, 0.5) is 4.39 Å². The predicted molar refractivity (Wildman–Crippen MR) is 75.4 cm³/mol. The predicted octanol–water partition coefficient (Wildman–Crippen LogP) is 2.02. The Morgan fingerprint density at radius 2 is 2.00 bits per heavy atom. The second kappa shape index (κ2) is 6.71. The first-order valence-corrected chi connectivity index (χ1v) is 6.21. The molecular formula is C15H15FN2O3. The van der Waals surface area contributed by atoms with E-state index in [1.54, 1.807) is 30.3 Å². The summed E-state index contributed by atoms with van der Waals surface area (Å²) in [6.45, 7) is 0.0245. The van der Waals surface area contributed by atoms with Crippen molar-refractivity contribution in [3.8, 4) is 11.5 Å². The molecule has 21 heavy (non-hydrogen) atoms. The molecule has 0 aliphatic heterocycles. The number of carbonyl (C=O) groups excluding carboxylic acids is 1. The van der Waals surface area contributed by atoms with E-state index >= 15 is 0 Å². The number of nitrogens with two attached hydrogens (primary N) is 1. The Balaban J connectivity index is 2.21. The van der Waals surface area contributed by atoms with E-state index in [4.69, 9.17) is 15.3 Å². The van der Waals surface area contributed by atoms with E-state index in [2.05, 4.69) is 0 Å². The first kappa shape index (κ1) is 14.8. The van der Waals surface area contributed by atoms with E-state index < -0.39 is 5.91 Å². The zero-order valence-corrected chi connectivity index (χ0v) is 11.4. The number of carbonyl (C=O) groups is 1. The van der Waals surface area contributed by atoms with Crippen LogP contribution in [-0.4, -0.2) is 13.0 Å². The molecule has 5 nitrogen and oxygen atoms in total. The number of rotatable bonds is 5. The van der Waals surface area contributed by atoms with Gasteiger partial charge in [-0.2, -0.15) is 0 Å². The molecule has 2 aromatic rings. The van der Waals surface area contributed by atoms with Crippen LogP contribution >= 0.6 is 0 Å². The SMILES string of the molecule is COc1ccc(C(=O)NN)cc1OCc1ccccc1F. The Morgan fingerprint density at radius 3 is 2.67 bits per heavy atom. The molecule has 0 heterocycles. The van der Waals surface area contributed by atoms with Crippen molar-refractivity contribution in [3.05, 3.63) is 59.4 Å². The van der Waals surface area contributed by atoms with Crippen LogP contribution in [0.15, 0.2) is 42.5 Å². The van der Waals surface area contributed by atoms with Crippen LogP contribution < -0.4 is 20.7 Å². The van der Waals surface area contributed by atoms with E-state index in [0.717, 1.165) is 0 Å². The second-order valence-electron chi connectivity index (χ2n) is 4.22. The Kier molecular flexibility index (Phi) is 4.73. The number of nitrogen functional groups attached to an aromatic ring is 1. The van der Waals surface area contributed by atoms with Crippen LogP contribution in [0.25, 0.3) is 0 Å². The van der Waals surface area contributed by atoms with Gasteiger partial charge in [0.15, 0.2) is 11.5 Å². The fourth-order valence-electron chi connectivity index (χ4n) is 1.79. The van der Waals surface area contributed by atoms with Gasteiger partial charge in [0.25, 0.3) is 5.91 Å². The number of benzene rings is 2. The largest absolute Gasteiger partial charge is 0.493 e. The molecule has 0 bridgehead atoms. The van der Waals surface area contributed by atoms with Crippen molar-refractivity contribution in [2.24, 2.45) is 5.84 Å². The molecule has 110 valence electrons. The Bertz CT molecular complexity index is 647. The second-order valence-corrected chi connectivity index (χ2v) is 4.22. The van der Waals surface area contributed by atoms with Gasteiger partial charge in [-0.05, 0) is 24.3 Å². The van der Waals surface area contributed by atoms with Gasteiger partial charge in [-0.15, -0.1) is 0 Å². The van der Waals surface area contributed by atoms with E-state index in [1.807, 2.05) is 5.43 Å². The highest BCUT2D eigenvalue weighted by molar-refractivity contribution is 5.94. The molecule has 0 aliphatic rings. The first-order chi connectivity index (χ1) is 10.2. The number of methoxy groups -OCH3 is 1. The smallest absolute Gasteiger partial charge is 0.265 e. The quantitative estimate of drug-likeness (QED) is 0.502. The first-order valence-electron chi connectivity index (χ1n) is 6.21. The summed E-state index contributed by atoms with van der Waals surface area (Å²) in [5, 5.41) is 0. The summed E-state index contributed by atoms with van der Waals surface area (Å²) >= 11 is 0. The molecule has 0 fully saturated rings. The summed E-state index contributed by atoms with van der Waals surface area (Å²) in [6.07, 6.45) is 0. The average molecular weight is 290 g/mol. The molecule has 6 heteroatoms. The molecular weight excluding hydrogens is 275 g/mol. The summed E-state index contributed by atoms with van der Waals surface area (Å²) in [7, 11) is 1.48. The van der Waals surface area contributed by atoms with Crippen LogP contribution in [0.1, 0.15) is 15.9 Å². The highest BCUT2D eigenvalue weighted by atomic mass is 19.1. The van der Waals surface area contributed by atoms with Crippen molar-refractivity contribution in [2.75, 3.05) is 7.11 Å². The lowest BCUT2D eigenvalue weighted by molar-refractivity contribution is 0.0953. The normalized spacial score (nSPS) is 10.0. The Hall–Kier alpha value is -2.60. The maximum Gasteiger partial charge on any atom is 0.265 e. The zero-order valence-electron chi connectivity index (χ0n) is 11.4. The van der Waals surface area contributed by atoms with Crippen LogP contribution in [0, 0.1) is 5.82 Å². The van der Waals surface area contributed by atoms with Gasteiger partial charge in [0, 0.05) is 11.1 Å². The van der Waals surface area contributed by atoms with Gasteiger partial charge < -0.3 is 9.47 Å². The number of amides is 1. The van der Waals surface area contributed by atoms with Crippen LogP contribution in [-0.2, 0) is 6.61 Å². The number of hydrogen-bond acceptors (Lipinski definition) is 4. The fraction of sp³-hybridized carbons (Fsp3) is 0.133. The van der Waals surface area contributed by atoms with Gasteiger partial charge in [-0.1, -0.05) is 18.2 Å². The highest BCUT2D eigenvalue weighted by Crippen LogP contribution is 2.29. The minimum atomic E-state index is -0.451. The van der Waals surface area contributed by atoms with E-state index in [9.17, 15) is 9.18 Å². The molecule has 0 aliphatic carbocycles. The fourth-order valence-corrected chi connectivity index (χ4v) is 1.79. The maximum absolute atomic E-state index is 13.5. The van der Waals surface area contributed by atoms with Gasteiger partial charge in [0.1, 0.15) is 12.4 Å². The average Bonchev–Trinajstić information content (AvgIpc) is 2.53. The van der Waals surface area contributed by atoms with Crippen molar-refractivity contribution in [1.29, 1.82) is 0 Å². The number of halogens is 1. The van der Waals surface area contributed by atoms with Crippen molar-refractivity contribution in [3.63, 3.8) is 0 Å². The van der Waals surface area contributed by atoms with Gasteiger partial charge >= 0.3 is 0 Å². The van der Waals surface area contributed by atoms with Crippen LogP contribution in [0.5, 0.6) is 11.5 Å². The summed E-state index contributed by atoms with van der Waals surface area (Å²) in [5.74, 6) is 5.06. The zero-order chi connectivity index (χ0) is 15.2. The number of hydrogen-bond donors (Lipinski definition) is 2. The molecule has 0 atom stereocenters. The van der Waals surface area contributed by atoms with Gasteiger partial charge in [0.2, 0.25) is 0 Å². The standard InChI is InChI=1S/C15H15FN2O3/c1-20-13-7-6-10(15(19)18-17)8-14(13)21-9-11-4-2-3-5-12(11)16/h2-8H,9,17H2,1H3,(H,18,19). The maximum atomic E-state index is 13.5. The molecule has 0 saturated carbocycles. The summed E-state index contributed by atoms with van der Waals surface area (Å²) in [4.78, 5) is 11.5. The Labute approximate surface area is 121 Å². The lowest BCUT2D eigenvalue weighted by atomic mass is 10.2. The Morgan fingerprint density at radius 1 is 1.24 bits per heavy atom. The topological polar surface area (TPSA) is 73.6 Å². The van der Waals surface area contributed by atoms with Crippen molar-refractivity contribution >= 4 is 5.91 Å². The van der Waals surface area contributed by atoms with Crippen molar-refractivity contribution in [2.45, 2.75) is 6.61 Å². The molecule has 0 unspecified atom stereocenters. The molecule has 1 amide bonds. The summed E-state index contributed by atoms with van der Waals surface area (Å²) in [6, 6.07) is 10.9. The highest BCUT2D eigenvalue weighted by Gasteiger charge is 2.11. The molecule has 2 rings (SSSR count). The molecule has 0 aromatic heterocycles. The van der Waals surface area contributed by atoms with Crippen molar-refractivity contribution < 1.29 is 18.7 Å². The lowest BCUT2D eigenvalue weighted by Gasteiger charge is -2.12. The van der Waals surface area contributed by atoms with E-state index in [1.165, 1.54) is 19.2 Å². The molecule has 0 radical (unpaired) electrons. The molecule has 0 saturated heterocycles. The molecule has 0 spiro atoms. The minimum Gasteiger partial charge on any atom is -0.493 e. The van der Waals surface area contributed by atoms with E-state index in [0.29, 0.717) is 22.6 Å². The molecule has 2 aromatic carbocycles. The van der Waals surface area contributed by atoms with Gasteiger partial charge in [-0.25, -0.2) is 10.2 Å². The van der Waals surface area contributed by atoms with Gasteiger partial charge in [-0.3, -0.25) is 10.2 Å². The third-order valence-electron chi connectivity index (χ3n) is 2.90. The number of nitrogens with one attached hydrogen (secondary N) is 1. The number of ether oxygens (including phenoxy) is 2. The molecule has 3 N–H and O–H groups in total. The van der Waals surface area contributed by atoms with Gasteiger partial charge in [0.05, 0.1) is 7.11 Å². The number of hydrazine groups is 1. The summed E-state index contributed by atoms with van der Waals surface area (Å²) < 4.78 is 24.2. The third kappa shape index (κ3) is 3.49. The van der Waals surface area contributed by atoms with E-state index in [-0.39, 0.29) is 12.4 Å². The lowest BCUT2D eigenvalue weighted by Crippen LogP contribution is -2.29.